The molecule has 2 aromatic rings. The Balaban J connectivity index is 2.53. The highest BCUT2D eigenvalue weighted by molar-refractivity contribution is 5.64. The van der Waals surface area contributed by atoms with Crippen molar-refractivity contribution in [3.63, 3.8) is 0 Å². The summed E-state index contributed by atoms with van der Waals surface area (Å²) in [5.74, 6) is 0. The second kappa shape index (κ2) is 3.58. The van der Waals surface area contributed by atoms with Gasteiger partial charge in [0.1, 0.15) is 0 Å². The van der Waals surface area contributed by atoms with Crippen LogP contribution in [0.2, 0.25) is 0 Å². The van der Waals surface area contributed by atoms with E-state index in [1.165, 1.54) is 0 Å². The molecule has 0 saturated carbocycles. The van der Waals surface area contributed by atoms with Crippen molar-refractivity contribution in [3.05, 3.63) is 48.0 Å². The summed E-state index contributed by atoms with van der Waals surface area (Å²) >= 11 is 0. The molecule has 2 aromatic heterocycles. The molecule has 0 fully saturated rings. The van der Waals surface area contributed by atoms with Gasteiger partial charge in [0, 0.05) is 34.9 Å². The van der Waals surface area contributed by atoms with Gasteiger partial charge in [-0.3, -0.25) is 9.97 Å². The fraction of sp³-hybridized carbons (Fsp3) is 0.167. The Morgan fingerprint density at radius 1 is 1.07 bits per heavy atom. The summed E-state index contributed by atoms with van der Waals surface area (Å²) in [6.07, 6.45) is 3.64. The normalized spacial score (nSPS) is 10.1. The van der Waals surface area contributed by atoms with Gasteiger partial charge in [0.2, 0.25) is 0 Å². The minimum absolute atomic E-state index is 1.05. The van der Waals surface area contributed by atoms with Crippen molar-refractivity contribution in [1.82, 2.24) is 9.97 Å². The lowest BCUT2D eigenvalue weighted by atomic mass is 10.1. The van der Waals surface area contributed by atoms with Crippen LogP contribution in [0.15, 0.2) is 36.7 Å². The molecule has 0 spiro atoms. The van der Waals surface area contributed by atoms with Gasteiger partial charge in [0.05, 0.1) is 0 Å². The highest BCUT2D eigenvalue weighted by atomic mass is 14.7. The third-order valence-electron chi connectivity index (χ3n) is 2.20. The molecule has 0 unspecified atom stereocenters. The maximum atomic E-state index is 4.42. The van der Waals surface area contributed by atoms with Crippen LogP contribution in [0, 0.1) is 13.8 Å². The molecule has 0 aliphatic carbocycles. The van der Waals surface area contributed by atoms with Gasteiger partial charge in [-0.1, -0.05) is 12.1 Å². The van der Waals surface area contributed by atoms with E-state index in [2.05, 4.69) is 16.0 Å². The average Bonchev–Trinajstić information content (AvgIpc) is 2.19. The second-order valence-electron chi connectivity index (χ2n) is 3.33. The number of rotatable bonds is 1. The molecule has 0 N–H and O–H groups in total. The van der Waals surface area contributed by atoms with Crippen molar-refractivity contribution >= 4 is 0 Å². The number of nitrogens with zero attached hydrogens (tertiary/aromatic N) is 2. The van der Waals surface area contributed by atoms with E-state index in [1.807, 2.05) is 38.2 Å². The molecule has 70 valence electrons. The fourth-order valence-electron chi connectivity index (χ4n) is 1.51. The Hall–Kier alpha value is -1.70. The quantitative estimate of drug-likeness (QED) is 0.681. The first-order valence-electron chi connectivity index (χ1n) is 4.62. The lowest BCUT2D eigenvalue weighted by Crippen LogP contribution is -1.90. The van der Waals surface area contributed by atoms with E-state index in [4.69, 9.17) is 0 Å². The van der Waals surface area contributed by atoms with Crippen LogP contribution >= 0.6 is 0 Å². The van der Waals surface area contributed by atoms with Gasteiger partial charge in [-0.25, -0.2) is 0 Å². The molecule has 2 nitrogen and oxygen atoms in total. The van der Waals surface area contributed by atoms with Crippen LogP contribution in [0.4, 0.5) is 0 Å². The van der Waals surface area contributed by atoms with E-state index in [9.17, 15) is 0 Å². The van der Waals surface area contributed by atoms with E-state index >= 15 is 0 Å². The number of aromatic nitrogens is 2. The molecule has 0 saturated heterocycles. The third-order valence-corrected chi connectivity index (χ3v) is 2.20. The van der Waals surface area contributed by atoms with Crippen LogP contribution < -0.4 is 0 Å². The Kier molecular flexibility index (Phi) is 2.27. The summed E-state index contributed by atoms with van der Waals surface area (Å²) in [6, 6.07) is 8.10. The lowest BCUT2D eigenvalue weighted by molar-refractivity contribution is 1.12. The highest BCUT2D eigenvalue weighted by Gasteiger charge is 2.01. The zero-order chi connectivity index (χ0) is 9.97. The first-order valence-corrected chi connectivity index (χ1v) is 4.62. The predicted molar refractivity (Wildman–Crippen MR) is 56.9 cm³/mol. The van der Waals surface area contributed by atoms with E-state index < -0.39 is 0 Å². The van der Waals surface area contributed by atoms with Crippen molar-refractivity contribution in [1.29, 1.82) is 0 Å². The monoisotopic (exact) mass is 184 g/mol. The molecule has 0 amide bonds. The van der Waals surface area contributed by atoms with Crippen LogP contribution in [0.5, 0.6) is 0 Å². The predicted octanol–water partition coefficient (Wildman–Crippen LogP) is 2.76. The first kappa shape index (κ1) is 8.88. The summed E-state index contributed by atoms with van der Waals surface area (Å²) in [5.41, 5.74) is 4.38. The minimum atomic E-state index is 1.05. The molecular formula is C12H12N2. The first-order chi connectivity index (χ1) is 6.77. The third kappa shape index (κ3) is 1.64. The van der Waals surface area contributed by atoms with Gasteiger partial charge in [0.25, 0.3) is 0 Å². The van der Waals surface area contributed by atoms with Crippen molar-refractivity contribution in [2.24, 2.45) is 0 Å². The molecule has 14 heavy (non-hydrogen) atoms. The number of hydrogen-bond donors (Lipinski definition) is 0. The lowest BCUT2D eigenvalue weighted by Gasteiger charge is -2.04. The largest absolute Gasteiger partial charge is 0.264 e. The van der Waals surface area contributed by atoms with E-state index in [0.29, 0.717) is 0 Å². The van der Waals surface area contributed by atoms with Gasteiger partial charge in [0.15, 0.2) is 0 Å². The summed E-state index contributed by atoms with van der Waals surface area (Å²) in [4.78, 5) is 8.52. The molecule has 0 atom stereocenters. The second-order valence-corrected chi connectivity index (χ2v) is 3.33. The summed E-state index contributed by atoms with van der Waals surface area (Å²) in [5, 5.41) is 0. The molecule has 0 aliphatic rings. The zero-order valence-corrected chi connectivity index (χ0v) is 8.36. The molecule has 0 aliphatic heterocycles. The van der Waals surface area contributed by atoms with E-state index in [1.54, 1.807) is 6.20 Å². The molecule has 0 bridgehead atoms. The van der Waals surface area contributed by atoms with Crippen molar-refractivity contribution < 1.29 is 0 Å². The van der Waals surface area contributed by atoms with Gasteiger partial charge in [-0.15, -0.1) is 0 Å². The van der Waals surface area contributed by atoms with Crippen LogP contribution in [0.1, 0.15) is 11.4 Å². The van der Waals surface area contributed by atoms with Crippen molar-refractivity contribution in [2.75, 3.05) is 0 Å². The van der Waals surface area contributed by atoms with Crippen LogP contribution in [0.3, 0.4) is 0 Å². The summed E-state index contributed by atoms with van der Waals surface area (Å²) in [7, 11) is 0. The van der Waals surface area contributed by atoms with Crippen LogP contribution in [-0.2, 0) is 0 Å². The van der Waals surface area contributed by atoms with Crippen molar-refractivity contribution in [2.45, 2.75) is 13.8 Å². The number of hydrogen-bond acceptors (Lipinski definition) is 2. The molecule has 0 radical (unpaired) electrons. The molecule has 2 heteroatoms. The summed E-state index contributed by atoms with van der Waals surface area (Å²) in [6.45, 7) is 4.02. The SMILES string of the molecule is Cc1ccc(-c2cccnc2)c(C)n1. The van der Waals surface area contributed by atoms with E-state index in [-0.39, 0.29) is 0 Å². The average molecular weight is 184 g/mol. The maximum absolute atomic E-state index is 4.42. The minimum Gasteiger partial charge on any atom is -0.264 e. The molecule has 2 heterocycles. The fourth-order valence-corrected chi connectivity index (χ4v) is 1.51. The van der Waals surface area contributed by atoms with Gasteiger partial charge < -0.3 is 0 Å². The highest BCUT2D eigenvalue weighted by Crippen LogP contribution is 2.20. The number of aryl methyl sites for hydroxylation is 2. The van der Waals surface area contributed by atoms with Gasteiger partial charge in [-0.2, -0.15) is 0 Å². The Morgan fingerprint density at radius 3 is 2.57 bits per heavy atom. The Labute approximate surface area is 83.7 Å². The number of pyridine rings is 2. The van der Waals surface area contributed by atoms with Gasteiger partial charge in [-0.05, 0) is 26.0 Å². The summed E-state index contributed by atoms with van der Waals surface area (Å²) < 4.78 is 0. The van der Waals surface area contributed by atoms with Crippen LogP contribution in [0.25, 0.3) is 11.1 Å². The van der Waals surface area contributed by atoms with Crippen molar-refractivity contribution in [3.8, 4) is 11.1 Å². The topological polar surface area (TPSA) is 25.8 Å². The van der Waals surface area contributed by atoms with Gasteiger partial charge >= 0.3 is 0 Å². The van der Waals surface area contributed by atoms with Crippen LogP contribution in [-0.4, -0.2) is 9.97 Å². The molecule has 0 aromatic carbocycles. The van der Waals surface area contributed by atoms with E-state index in [0.717, 1.165) is 22.5 Å². The maximum Gasteiger partial charge on any atom is 0.0454 e. The molecule has 2 rings (SSSR count). The molecular weight excluding hydrogens is 172 g/mol. The zero-order valence-electron chi connectivity index (χ0n) is 8.36. The Morgan fingerprint density at radius 2 is 1.93 bits per heavy atom. The standard InChI is InChI=1S/C12H12N2/c1-9-5-6-12(10(2)14-9)11-4-3-7-13-8-11/h3-8H,1-2H3. The Bertz CT molecular complexity index is 435. The smallest absolute Gasteiger partial charge is 0.0454 e.